The van der Waals surface area contributed by atoms with E-state index in [1.54, 1.807) is 38.5 Å². The summed E-state index contributed by atoms with van der Waals surface area (Å²) in [7, 11) is 4.56. The number of esters is 1. The van der Waals surface area contributed by atoms with Gasteiger partial charge in [0, 0.05) is 13.0 Å². The molecule has 1 heterocycles. The number of rotatable bonds is 8. The zero-order chi connectivity index (χ0) is 23.3. The summed E-state index contributed by atoms with van der Waals surface area (Å²) in [6.07, 6.45) is 1.22. The fourth-order valence-corrected chi connectivity index (χ4v) is 3.95. The van der Waals surface area contributed by atoms with E-state index in [2.05, 4.69) is 0 Å². The third-order valence-electron chi connectivity index (χ3n) is 5.59. The van der Waals surface area contributed by atoms with Gasteiger partial charge in [0.05, 0.1) is 32.9 Å². The van der Waals surface area contributed by atoms with Crippen LogP contribution in [0.2, 0.25) is 0 Å². The van der Waals surface area contributed by atoms with E-state index >= 15 is 0 Å². The summed E-state index contributed by atoms with van der Waals surface area (Å²) in [6.45, 7) is 4.98. The van der Waals surface area contributed by atoms with Crippen LogP contribution in [-0.2, 0) is 16.0 Å². The summed E-state index contributed by atoms with van der Waals surface area (Å²) >= 11 is 0. The van der Waals surface area contributed by atoms with Gasteiger partial charge in [0.2, 0.25) is 5.91 Å². The normalized spacial score (nSPS) is 15.2. The third kappa shape index (κ3) is 5.15. The van der Waals surface area contributed by atoms with Crippen LogP contribution in [0.4, 0.5) is 0 Å². The lowest BCUT2D eigenvalue weighted by Gasteiger charge is -2.38. The molecule has 0 aromatic heterocycles. The van der Waals surface area contributed by atoms with Crippen LogP contribution in [0.25, 0.3) is 0 Å². The molecule has 1 atom stereocenters. The molecule has 0 fully saturated rings. The fourth-order valence-electron chi connectivity index (χ4n) is 3.95. The van der Waals surface area contributed by atoms with Crippen LogP contribution in [0.15, 0.2) is 36.4 Å². The largest absolute Gasteiger partial charge is 0.493 e. The highest BCUT2D eigenvalue weighted by Gasteiger charge is 2.33. The Morgan fingerprint density at radius 1 is 1.03 bits per heavy atom. The van der Waals surface area contributed by atoms with Crippen LogP contribution < -0.4 is 14.2 Å². The SMILES string of the molecule is COC(=O)c1ccc(OC[C@@H]2c3cc(OC)c(OC)cc3CCN2C(=O)CC(C)C)cc1. The molecule has 2 aromatic carbocycles. The number of carbonyl (C=O) groups excluding carboxylic acids is 2. The highest BCUT2D eigenvalue weighted by Crippen LogP contribution is 2.38. The molecule has 2 aromatic rings. The van der Waals surface area contributed by atoms with E-state index in [4.69, 9.17) is 18.9 Å². The smallest absolute Gasteiger partial charge is 0.337 e. The van der Waals surface area contributed by atoms with Crippen LogP contribution in [0.1, 0.15) is 47.8 Å². The predicted octanol–water partition coefficient (Wildman–Crippen LogP) is 4.04. The minimum absolute atomic E-state index is 0.107. The van der Waals surface area contributed by atoms with E-state index in [9.17, 15) is 9.59 Å². The monoisotopic (exact) mass is 441 g/mol. The summed E-state index contributed by atoms with van der Waals surface area (Å²) < 4.78 is 21.8. The van der Waals surface area contributed by atoms with Crippen molar-refractivity contribution in [3.05, 3.63) is 53.1 Å². The first kappa shape index (κ1) is 23.4. The molecule has 3 rings (SSSR count). The first-order chi connectivity index (χ1) is 15.4. The second kappa shape index (κ2) is 10.4. The highest BCUT2D eigenvalue weighted by molar-refractivity contribution is 5.89. The maximum atomic E-state index is 13.0. The average molecular weight is 442 g/mol. The van der Waals surface area contributed by atoms with Gasteiger partial charge in [-0.3, -0.25) is 4.79 Å². The van der Waals surface area contributed by atoms with E-state index in [-0.39, 0.29) is 24.5 Å². The van der Waals surface area contributed by atoms with Crippen molar-refractivity contribution in [1.82, 2.24) is 4.90 Å². The molecule has 7 nitrogen and oxygen atoms in total. The van der Waals surface area contributed by atoms with Crippen LogP contribution >= 0.6 is 0 Å². The van der Waals surface area contributed by atoms with Crippen molar-refractivity contribution in [2.24, 2.45) is 5.92 Å². The number of fused-ring (bicyclic) bond motifs is 1. The Morgan fingerprint density at radius 2 is 1.69 bits per heavy atom. The number of methoxy groups -OCH3 is 3. The van der Waals surface area contributed by atoms with Gasteiger partial charge in [0.1, 0.15) is 12.4 Å². The second-order valence-corrected chi connectivity index (χ2v) is 8.18. The van der Waals surface area contributed by atoms with Crippen molar-refractivity contribution in [2.45, 2.75) is 32.7 Å². The van der Waals surface area contributed by atoms with Gasteiger partial charge in [-0.15, -0.1) is 0 Å². The minimum atomic E-state index is -0.399. The number of hydrogen-bond acceptors (Lipinski definition) is 6. The Hall–Kier alpha value is -3.22. The molecule has 32 heavy (non-hydrogen) atoms. The first-order valence-electron chi connectivity index (χ1n) is 10.7. The zero-order valence-corrected chi connectivity index (χ0v) is 19.3. The van der Waals surface area contributed by atoms with Gasteiger partial charge in [-0.1, -0.05) is 13.8 Å². The van der Waals surface area contributed by atoms with Crippen LogP contribution in [0.5, 0.6) is 17.2 Å². The van der Waals surface area contributed by atoms with Crippen molar-refractivity contribution >= 4 is 11.9 Å². The molecule has 0 saturated carbocycles. The topological polar surface area (TPSA) is 74.3 Å². The maximum Gasteiger partial charge on any atom is 0.337 e. The van der Waals surface area contributed by atoms with Gasteiger partial charge < -0.3 is 23.8 Å². The lowest BCUT2D eigenvalue weighted by molar-refractivity contribution is -0.135. The summed E-state index contributed by atoms with van der Waals surface area (Å²) in [5.41, 5.74) is 2.57. The Bertz CT molecular complexity index is 954. The quantitative estimate of drug-likeness (QED) is 0.576. The fraction of sp³-hybridized carbons (Fsp3) is 0.440. The number of hydrogen-bond donors (Lipinski definition) is 0. The Balaban J connectivity index is 1.89. The minimum Gasteiger partial charge on any atom is -0.493 e. The van der Waals surface area contributed by atoms with E-state index in [0.29, 0.717) is 35.8 Å². The average Bonchev–Trinajstić information content (AvgIpc) is 2.80. The lowest BCUT2D eigenvalue weighted by Crippen LogP contribution is -2.43. The van der Waals surface area contributed by atoms with Gasteiger partial charge in [-0.25, -0.2) is 4.79 Å². The number of carbonyl (C=O) groups is 2. The number of ether oxygens (including phenoxy) is 4. The van der Waals surface area contributed by atoms with Crippen LogP contribution in [0, 0.1) is 5.92 Å². The number of benzene rings is 2. The van der Waals surface area contributed by atoms with E-state index in [1.165, 1.54) is 7.11 Å². The summed E-state index contributed by atoms with van der Waals surface area (Å²) in [5.74, 6) is 1.88. The molecule has 1 aliphatic heterocycles. The van der Waals surface area contributed by atoms with E-state index < -0.39 is 5.97 Å². The molecule has 0 aliphatic carbocycles. The lowest BCUT2D eigenvalue weighted by atomic mass is 9.91. The van der Waals surface area contributed by atoms with Gasteiger partial charge in [0.15, 0.2) is 11.5 Å². The predicted molar refractivity (Wildman–Crippen MR) is 120 cm³/mol. The van der Waals surface area contributed by atoms with Crippen LogP contribution in [0.3, 0.4) is 0 Å². The molecule has 0 bridgehead atoms. The molecular formula is C25H31NO6. The Labute approximate surface area is 189 Å². The second-order valence-electron chi connectivity index (χ2n) is 8.18. The molecule has 0 unspecified atom stereocenters. The van der Waals surface area contributed by atoms with Gasteiger partial charge in [0.25, 0.3) is 0 Å². The van der Waals surface area contributed by atoms with Crippen molar-refractivity contribution in [1.29, 1.82) is 0 Å². The molecule has 0 saturated heterocycles. The summed E-state index contributed by atoms with van der Waals surface area (Å²) in [5, 5.41) is 0. The van der Waals surface area contributed by atoms with Gasteiger partial charge in [-0.2, -0.15) is 0 Å². The molecule has 0 spiro atoms. The Morgan fingerprint density at radius 3 is 2.28 bits per heavy atom. The molecule has 1 amide bonds. The summed E-state index contributed by atoms with van der Waals surface area (Å²) in [6, 6.07) is 10.4. The zero-order valence-electron chi connectivity index (χ0n) is 19.3. The first-order valence-corrected chi connectivity index (χ1v) is 10.7. The maximum absolute atomic E-state index is 13.0. The molecular weight excluding hydrogens is 410 g/mol. The Kier molecular flexibility index (Phi) is 7.62. The van der Waals surface area contributed by atoms with E-state index in [0.717, 1.165) is 17.5 Å². The van der Waals surface area contributed by atoms with Crippen molar-refractivity contribution in [3.8, 4) is 17.2 Å². The number of nitrogens with zero attached hydrogens (tertiary/aromatic N) is 1. The third-order valence-corrected chi connectivity index (χ3v) is 5.59. The van der Waals surface area contributed by atoms with Crippen molar-refractivity contribution < 1.29 is 28.5 Å². The van der Waals surface area contributed by atoms with E-state index in [1.807, 2.05) is 30.9 Å². The summed E-state index contributed by atoms with van der Waals surface area (Å²) in [4.78, 5) is 26.6. The van der Waals surface area contributed by atoms with Crippen LogP contribution in [-0.4, -0.2) is 51.3 Å². The molecule has 0 radical (unpaired) electrons. The number of amides is 1. The van der Waals surface area contributed by atoms with Crippen molar-refractivity contribution in [3.63, 3.8) is 0 Å². The molecule has 172 valence electrons. The standard InChI is InChI=1S/C25H31NO6/c1-16(2)12-24(27)26-11-10-18-13-22(29-3)23(30-4)14-20(18)21(26)15-32-19-8-6-17(7-9-19)25(28)31-5/h6-9,13-14,16,21H,10-12,15H2,1-5H3/t21-/m1/s1. The van der Waals surface area contributed by atoms with Gasteiger partial charge >= 0.3 is 5.97 Å². The molecule has 0 N–H and O–H groups in total. The van der Waals surface area contributed by atoms with Gasteiger partial charge in [-0.05, 0) is 59.9 Å². The molecule has 7 heteroatoms. The highest BCUT2D eigenvalue weighted by atomic mass is 16.5. The van der Waals surface area contributed by atoms with Crippen molar-refractivity contribution in [2.75, 3.05) is 34.5 Å². The molecule has 1 aliphatic rings.